The summed E-state index contributed by atoms with van der Waals surface area (Å²) in [6, 6.07) is 10.2. The van der Waals surface area contributed by atoms with Crippen LogP contribution in [0, 0.1) is 12.3 Å². The van der Waals surface area contributed by atoms with Gasteiger partial charge in [-0.2, -0.15) is 0 Å². The zero-order valence-corrected chi connectivity index (χ0v) is 17.6. The molecule has 0 spiro atoms. The molecule has 3 heterocycles. The van der Waals surface area contributed by atoms with Crippen molar-refractivity contribution >= 4 is 11.5 Å². The molecule has 28 heavy (non-hydrogen) atoms. The van der Waals surface area contributed by atoms with Crippen LogP contribution >= 0.6 is 0 Å². The molecule has 0 bridgehead atoms. The lowest BCUT2D eigenvalue weighted by atomic mass is 9.82. The van der Waals surface area contributed by atoms with Crippen molar-refractivity contribution in [2.24, 2.45) is 5.41 Å². The molecule has 3 aromatic rings. The molecule has 0 saturated carbocycles. The summed E-state index contributed by atoms with van der Waals surface area (Å²) >= 11 is 0. The molecule has 1 aromatic carbocycles. The highest BCUT2D eigenvalue weighted by Crippen LogP contribution is 2.39. The third kappa shape index (κ3) is 3.66. The third-order valence-electron chi connectivity index (χ3n) is 4.84. The molecule has 1 N–H and O–H groups in total. The minimum Gasteiger partial charge on any atom is -0.454 e. The Morgan fingerprint density at radius 2 is 1.79 bits per heavy atom. The first kappa shape index (κ1) is 18.7. The van der Waals surface area contributed by atoms with Crippen LogP contribution in [0.15, 0.2) is 36.5 Å². The van der Waals surface area contributed by atoms with Gasteiger partial charge >= 0.3 is 0 Å². The number of aryl methyl sites for hydroxylation is 1. The molecule has 1 aliphatic rings. The van der Waals surface area contributed by atoms with Crippen molar-refractivity contribution < 1.29 is 9.47 Å². The summed E-state index contributed by atoms with van der Waals surface area (Å²) in [5, 5.41) is 3.79. The van der Waals surface area contributed by atoms with Crippen LogP contribution in [0.1, 0.15) is 46.6 Å². The van der Waals surface area contributed by atoms with Crippen LogP contribution in [-0.2, 0) is 0 Å². The van der Waals surface area contributed by atoms with E-state index in [-0.39, 0.29) is 17.7 Å². The van der Waals surface area contributed by atoms with Crippen molar-refractivity contribution in [3.63, 3.8) is 0 Å². The number of rotatable bonds is 4. The zero-order valence-electron chi connectivity index (χ0n) is 17.6. The molecular weight excluding hydrogens is 350 g/mol. The fourth-order valence-corrected chi connectivity index (χ4v) is 4.21. The van der Waals surface area contributed by atoms with E-state index >= 15 is 0 Å². The van der Waals surface area contributed by atoms with E-state index in [1.807, 2.05) is 18.2 Å². The summed E-state index contributed by atoms with van der Waals surface area (Å²) in [7, 11) is 0. The number of nitrogens with zero attached hydrogens (tertiary/aromatic N) is 2. The monoisotopic (exact) mass is 379 g/mol. The van der Waals surface area contributed by atoms with E-state index < -0.39 is 0 Å². The Labute approximate surface area is 166 Å². The second-order valence-electron chi connectivity index (χ2n) is 9.56. The molecule has 2 aromatic heterocycles. The maximum atomic E-state index is 5.58. The summed E-state index contributed by atoms with van der Waals surface area (Å²) in [6.45, 7) is 13.7. The first-order chi connectivity index (χ1) is 13.1. The Balaban J connectivity index is 1.83. The van der Waals surface area contributed by atoms with E-state index in [0.29, 0.717) is 0 Å². The average molecular weight is 380 g/mol. The van der Waals surface area contributed by atoms with E-state index in [4.69, 9.17) is 14.5 Å². The number of hydrogen-bond acceptors (Lipinski definition) is 4. The molecule has 0 saturated heterocycles. The Hall–Kier alpha value is -2.69. The van der Waals surface area contributed by atoms with Gasteiger partial charge in [0.1, 0.15) is 17.2 Å². The number of anilines is 1. The van der Waals surface area contributed by atoms with Crippen LogP contribution in [0.25, 0.3) is 16.9 Å². The molecular formula is C23H29N3O2. The van der Waals surface area contributed by atoms with Crippen molar-refractivity contribution in [2.45, 2.75) is 53.5 Å². The van der Waals surface area contributed by atoms with Gasteiger partial charge in [-0.05, 0) is 62.4 Å². The highest BCUT2D eigenvalue weighted by atomic mass is 16.7. The van der Waals surface area contributed by atoms with Crippen LogP contribution in [0.5, 0.6) is 11.5 Å². The smallest absolute Gasteiger partial charge is 0.231 e. The van der Waals surface area contributed by atoms with Crippen molar-refractivity contribution in [1.82, 2.24) is 9.38 Å². The Bertz CT molecular complexity index is 1030. The van der Waals surface area contributed by atoms with Crippen LogP contribution in [-0.4, -0.2) is 21.7 Å². The fraction of sp³-hybridized carbons (Fsp3) is 0.435. The molecule has 0 unspecified atom stereocenters. The lowest BCUT2D eigenvalue weighted by Gasteiger charge is -2.34. The van der Waals surface area contributed by atoms with Gasteiger partial charge in [-0.25, -0.2) is 4.98 Å². The molecule has 4 rings (SSSR count). The van der Waals surface area contributed by atoms with E-state index in [9.17, 15) is 0 Å². The summed E-state index contributed by atoms with van der Waals surface area (Å²) in [5.74, 6) is 2.56. The first-order valence-corrected chi connectivity index (χ1v) is 9.78. The normalized spacial score (nSPS) is 13.9. The van der Waals surface area contributed by atoms with Crippen molar-refractivity contribution in [2.75, 3.05) is 12.1 Å². The number of fused-ring (bicyclic) bond motifs is 2. The summed E-state index contributed by atoms with van der Waals surface area (Å²) in [4.78, 5) is 4.93. The molecule has 148 valence electrons. The SMILES string of the molecule is Cc1ccc2nc(-c3ccc4c(c3)OCO4)c(NC(C)(C)CC(C)(C)C)n2c1. The molecule has 0 atom stereocenters. The summed E-state index contributed by atoms with van der Waals surface area (Å²) in [5.41, 5.74) is 4.17. The van der Waals surface area contributed by atoms with Crippen LogP contribution in [0.3, 0.4) is 0 Å². The maximum Gasteiger partial charge on any atom is 0.231 e. The lowest BCUT2D eigenvalue weighted by Crippen LogP contribution is -2.36. The number of aromatic nitrogens is 2. The zero-order chi connectivity index (χ0) is 20.1. The van der Waals surface area contributed by atoms with Gasteiger partial charge in [-0.15, -0.1) is 0 Å². The predicted molar refractivity (Wildman–Crippen MR) is 113 cm³/mol. The Morgan fingerprint density at radius 3 is 2.54 bits per heavy atom. The lowest BCUT2D eigenvalue weighted by molar-refractivity contribution is 0.174. The van der Waals surface area contributed by atoms with Crippen molar-refractivity contribution in [1.29, 1.82) is 0 Å². The number of pyridine rings is 1. The number of ether oxygens (including phenoxy) is 2. The average Bonchev–Trinajstić information content (AvgIpc) is 3.16. The second kappa shape index (κ2) is 6.43. The third-order valence-corrected chi connectivity index (χ3v) is 4.84. The van der Waals surface area contributed by atoms with Crippen LogP contribution in [0.4, 0.5) is 5.82 Å². The van der Waals surface area contributed by atoms with Gasteiger partial charge in [0.15, 0.2) is 11.5 Å². The van der Waals surface area contributed by atoms with Crippen molar-refractivity contribution in [3.05, 3.63) is 42.1 Å². The molecule has 0 aliphatic carbocycles. The highest BCUT2D eigenvalue weighted by molar-refractivity contribution is 5.78. The van der Waals surface area contributed by atoms with Gasteiger partial charge in [-0.1, -0.05) is 26.8 Å². The second-order valence-corrected chi connectivity index (χ2v) is 9.56. The fourth-order valence-electron chi connectivity index (χ4n) is 4.21. The molecule has 5 heteroatoms. The number of benzene rings is 1. The minimum atomic E-state index is -0.0942. The number of nitrogens with one attached hydrogen (secondary N) is 1. The van der Waals surface area contributed by atoms with E-state index in [1.165, 1.54) is 5.56 Å². The first-order valence-electron chi connectivity index (χ1n) is 9.78. The van der Waals surface area contributed by atoms with Gasteiger partial charge < -0.3 is 14.8 Å². The predicted octanol–water partition coefficient (Wildman–Crippen LogP) is 5.67. The van der Waals surface area contributed by atoms with E-state index in [1.54, 1.807) is 0 Å². The van der Waals surface area contributed by atoms with Gasteiger partial charge in [-0.3, -0.25) is 4.40 Å². The summed E-state index contributed by atoms with van der Waals surface area (Å²) in [6.07, 6.45) is 3.16. The molecule has 0 radical (unpaired) electrons. The van der Waals surface area contributed by atoms with Gasteiger partial charge in [0, 0.05) is 17.3 Å². The molecule has 0 fully saturated rings. The largest absolute Gasteiger partial charge is 0.454 e. The molecule has 0 amide bonds. The van der Waals surface area contributed by atoms with Gasteiger partial charge in [0.05, 0.1) is 0 Å². The summed E-state index contributed by atoms with van der Waals surface area (Å²) < 4.78 is 13.2. The number of imidazole rings is 1. The number of hydrogen-bond donors (Lipinski definition) is 1. The quantitative estimate of drug-likeness (QED) is 0.635. The minimum absolute atomic E-state index is 0.0942. The molecule has 1 aliphatic heterocycles. The van der Waals surface area contributed by atoms with E-state index in [2.05, 4.69) is 69.6 Å². The topological polar surface area (TPSA) is 47.8 Å². The van der Waals surface area contributed by atoms with E-state index in [0.717, 1.165) is 40.6 Å². The highest BCUT2D eigenvalue weighted by Gasteiger charge is 2.28. The van der Waals surface area contributed by atoms with Gasteiger partial charge in [0.2, 0.25) is 6.79 Å². The Morgan fingerprint density at radius 1 is 1.04 bits per heavy atom. The van der Waals surface area contributed by atoms with Crippen LogP contribution in [0.2, 0.25) is 0 Å². The molecule has 5 nitrogen and oxygen atoms in total. The maximum absolute atomic E-state index is 5.58. The standard InChI is InChI=1S/C23H29N3O2/c1-15-7-10-19-24-20(16-8-9-17-18(11-16)28-14-27-17)21(26(19)12-15)25-23(5,6)13-22(2,3)4/h7-12,25H,13-14H2,1-6H3. The van der Waals surface area contributed by atoms with Crippen molar-refractivity contribution in [3.8, 4) is 22.8 Å². The van der Waals surface area contributed by atoms with Gasteiger partial charge in [0.25, 0.3) is 0 Å². The Kier molecular flexibility index (Phi) is 4.29. The van der Waals surface area contributed by atoms with Crippen LogP contribution < -0.4 is 14.8 Å².